The van der Waals surface area contributed by atoms with E-state index >= 15 is 0 Å². The molecule has 0 aromatic carbocycles. The molecule has 6 heteroatoms. The summed E-state index contributed by atoms with van der Waals surface area (Å²) in [6, 6.07) is 0.536. The van der Waals surface area contributed by atoms with Crippen LogP contribution in [0.1, 0.15) is 43.2 Å². The number of hydrogen-bond acceptors (Lipinski definition) is 3. The second kappa shape index (κ2) is 6.21. The second-order valence-electron chi connectivity index (χ2n) is 5.90. The molecule has 1 saturated carbocycles. The molecular formula is C15H23ClN4S. The van der Waals surface area contributed by atoms with Crippen molar-refractivity contribution in [2.24, 2.45) is 7.05 Å². The predicted octanol–water partition coefficient (Wildman–Crippen LogP) is 3.71. The third-order valence-electron chi connectivity index (χ3n) is 4.52. The van der Waals surface area contributed by atoms with E-state index in [2.05, 4.69) is 15.9 Å². The van der Waals surface area contributed by atoms with Crippen LogP contribution in [0.4, 0.5) is 0 Å². The Morgan fingerprint density at radius 2 is 2.19 bits per heavy atom. The van der Waals surface area contributed by atoms with Crippen LogP contribution in [0, 0.1) is 6.92 Å². The molecular weight excluding hydrogens is 304 g/mol. The topological polar surface area (TPSA) is 35.6 Å². The number of aromatic nitrogens is 4. The summed E-state index contributed by atoms with van der Waals surface area (Å²) < 4.78 is 4.41. The summed E-state index contributed by atoms with van der Waals surface area (Å²) in [6.45, 7) is 2.04. The van der Waals surface area contributed by atoms with Gasteiger partial charge in [-0.15, -0.1) is 11.6 Å². The van der Waals surface area contributed by atoms with Crippen LogP contribution in [-0.4, -0.2) is 36.7 Å². The van der Waals surface area contributed by atoms with E-state index in [1.54, 1.807) is 0 Å². The zero-order chi connectivity index (χ0) is 15.0. The summed E-state index contributed by atoms with van der Waals surface area (Å²) in [5.74, 6) is 1.75. The van der Waals surface area contributed by atoms with Crippen molar-refractivity contribution in [1.29, 1.82) is 0 Å². The third-order valence-corrected chi connectivity index (χ3v) is 5.81. The maximum absolute atomic E-state index is 6.00. The molecule has 0 N–H and O–H groups in total. The lowest BCUT2D eigenvalue weighted by atomic mass is 9.94. The average Bonchev–Trinajstić information content (AvgIpc) is 2.98. The van der Waals surface area contributed by atoms with Crippen molar-refractivity contribution < 1.29 is 0 Å². The normalized spacial score (nSPS) is 23.0. The van der Waals surface area contributed by atoms with Crippen LogP contribution in [0.15, 0.2) is 0 Å². The molecule has 2 aromatic heterocycles. The van der Waals surface area contributed by atoms with E-state index in [1.807, 2.05) is 30.4 Å². The highest BCUT2D eigenvalue weighted by atomic mass is 35.5. The van der Waals surface area contributed by atoms with Gasteiger partial charge in [0.15, 0.2) is 5.65 Å². The average molecular weight is 327 g/mol. The van der Waals surface area contributed by atoms with Gasteiger partial charge in [-0.3, -0.25) is 4.68 Å². The molecule has 1 fully saturated rings. The molecule has 0 bridgehead atoms. The Hall–Kier alpha value is -0.680. The van der Waals surface area contributed by atoms with Crippen LogP contribution in [0.5, 0.6) is 0 Å². The van der Waals surface area contributed by atoms with E-state index in [1.165, 1.54) is 31.3 Å². The molecule has 4 nitrogen and oxygen atoms in total. The summed E-state index contributed by atoms with van der Waals surface area (Å²) in [7, 11) is 2.02. The van der Waals surface area contributed by atoms with Gasteiger partial charge in [0.1, 0.15) is 11.3 Å². The molecule has 0 radical (unpaired) electrons. The maximum Gasteiger partial charge on any atom is 0.158 e. The monoisotopic (exact) mass is 326 g/mol. The number of aryl methyl sites for hydroxylation is 3. The number of nitrogens with zero attached hydrogens (tertiary/aromatic N) is 4. The highest BCUT2D eigenvalue weighted by molar-refractivity contribution is 7.99. The van der Waals surface area contributed by atoms with Crippen molar-refractivity contribution in [1.82, 2.24) is 19.3 Å². The van der Waals surface area contributed by atoms with Crippen LogP contribution in [0.2, 0.25) is 0 Å². The molecule has 21 heavy (non-hydrogen) atoms. The van der Waals surface area contributed by atoms with Crippen LogP contribution in [0.3, 0.4) is 0 Å². The molecule has 0 spiro atoms. The second-order valence-corrected chi connectivity index (χ2v) is 7.41. The Bertz CT molecular complexity index is 633. The van der Waals surface area contributed by atoms with Crippen molar-refractivity contribution in [2.45, 2.75) is 50.3 Å². The number of alkyl halides is 1. The maximum atomic E-state index is 6.00. The Morgan fingerprint density at radius 1 is 1.38 bits per heavy atom. The molecule has 2 unspecified atom stereocenters. The van der Waals surface area contributed by atoms with Gasteiger partial charge in [-0.1, -0.05) is 6.42 Å². The zero-order valence-corrected chi connectivity index (χ0v) is 14.5. The number of imidazole rings is 1. The fraction of sp³-hybridized carbons (Fsp3) is 0.733. The number of thioether (sulfide) groups is 1. The van der Waals surface area contributed by atoms with Crippen LogP contribution >= 0.6 is 23.4 Å². The van der Waals surface area contributed by atoms with E-state index < -0.39 is 0 Å². The SMILES string of the molecule is CSC1CCCC(n2c(CCCl)nc3c(C)nn(C)c32)C1. The van der Waals surface area contributed by atoms with Crippen molar-refractivity contribution in [2.75, 3.05) is 12.1 Å². The van der Waals surface area contributed by atoms with Crippen LogP contribution in [0.25, 0.3) is 11.2 Å². The summed E-state index contributed by atoms with van der Waals surface area (Å²) in [5.41, 5.74) is 3.22. The molecule has 0 saturated heterocycles. The molecule has 2 aromatic rings. The first kappa shape index (κ1) is 15.2. The van der Waals surface area contributed by atoms with Gasteiger partial charge < -0.3 is 4.57 Å². The Morgan fingerprint density at radius 3 is 2.90 bits per heavy atom. The quantitative estimate of drug-likeness (QED) is 0.804. The highest BCUT2D eigenvalue weighted by Crippen LogP contribution is 2.37. The fourth-order valence-electron chi connectivity index (χ4n) is 3.55. The van der Waals surface area contributed by atoms with Gasteiger partial charge in [0.05, 0.1) is 5.69 Å². The van der Waals surface area contributed by atoms with E-state index in [-0.39, 0.29) is 0 Å². The van der Waals surface area contributed by atoms with Crippen LogP contribution < -0.4 is 0 Å². The molecule has 0 aliphatic heterocycles. The summed E-state index contributed by atoms with van der Waals surface area (Å²) >= 11 is 8.00. The minimum absolute atomic E-state index is 0.536. The molecule has 116 valence electrons. The van der Waals surface area contributed by atoms with Gasteiger partial charge in [-0.25, -0.2) is 4.98 Å². The Labute approximate surface area is 135 Å². The zero-order valence-electron chi connectivity index (χ0n) is 13.0. The van der Waals surface area contributed by atoms with E-state index in [0.717, 1.165) is 28.7 Å². The lowest BCUT2D eigenvalue weighted by molar-refractivity contribution is 0.357. The molecule has 0 amide bonds. The number of hydrogen-bond donors (Lipinski definition) is 0. The fourth-order valence-corrected chi connectivity index (χ4v) is 4.54. The van der Waals surface area contributed by atoms with Crippen LogP contribution in [-0.2, 0) is 13.5 Å². The van der Waals surface area contributed by atoms with E-state index in [4.69, 9.17) is 16.6 Å². The summed E-state index contributed by atoms with van der Waals surface area (Å²) in [4.78, 5) is 4.84. The van der Waals surface area contributed by atoms with Crippen molar-refractivity contribution in [3.63, 3.8) is 0 Å². The highest BCUT2D eigenvalue weighted by Gasteiger charge is 2.28. The van der Waals surface area contributed by atoms with E-state index in [0.29, 0.717) is 11.9 Å². The molecule has 1 aliphatic rings. The lowest BCUT2D eigenvalue weighted by Gasteiger charge is -2.30. The first-order chi connectivity index (χ1) is 10.2. The number of fused-ring (bicyclic) bond motifs is 1. The van der Waals surface area contributed by atoms with Gasteiger partial charge >= 0.3 is 0 Å². The van der Waals surface area contributed by atoms with Gasteiger partial charge in [0, 0.05) is 30.6 Å². The summed E-state index contributed by atoms with van der Waals surface area (Å²) in [5, 5.41) is 5.30. The van der Waals surface area contributed by atoms with Crippen molar-refractivity contribution >= 4 is 34.5 Å². The van der Waals surface area contributed by atoms with Gasteiger partial charge in [-0.05, 0) is 32.4 Å². The third kappa shape index (κ3) is 2.70. The number of halogens is 1. The molecule has 2 heterocycles. The minimum Gasteiger partial charge on any atom is -0.310 e. The van der Waals surface area contributed by atoms with E-state index in [9.17, 15) is 0 Å². The smallest absolute Gasteiger partial charge is 0.158 e. The molecule has 2 atom stereocenters. The first-order valence-electron chi connectivity index (χ1n) is 7.64. The summed E-state index contributed by atoms with van der Waals surface area (Å²) in [6.07, 6.45) is 8.16. The van der Waals surface area contributed by atoms with Crippen molar-refractivity contribution in [3.05, 3.63) is 11.5 Å². The lowest BCUT2D eigenvalue weighted by Crippen LogP contribution is -2.23. The van der Waals surface area contributed by atoms with Gasteiger partial charge in [-0.2, -0.15) is 16.9 Å². The van der Waals surface area contributed by atoms with Gasteiger partial charge in [0.2, 0.25) is 0 Å². The van der Waals surface area contributed by atoms with Gasteiger partial charge in [0.25, 0.3) is 0 Å². The Balaban J connectivity index is 2.07. The number of rotatable bonds is 4. The Kier molecular flexibility index (Phi) is 4.50. The van der Waals surface area contributed by atoms with Crippen molar-refractivity contribution in [3.8, 4) is 0 Å². The first-order valence-corrected chi connectivity index (χ1v) is 9.47. The largest absolute Gasteiger partial charge is 0.310 e. The standard InChI is InChI=1S/C15H23ClN4S/c1-10-14-15(19(2)18-10)20(13(17-14)7-8-16)11-5-4-6-12(9-11)21-3/h11-12H,4-9H2,1-3H3. The predicted molar refractivity (Wildman–Crippen MR) is 90.5 cm³/mol. The minimum atomic E-state index is 0.536. The molecule has 1 aliphatic carbocycles. The molecule has 3 rings (SSSR count).